The lowest BCUT2D eigenvalue weighted by atomic mass is 10.0. The maximum atomic E-state index is 9.28. The van der Waals surface area contributed by atoms with Gasteiger partial charge in [0, 0.05) is 44.8 Å². The van der Waals surface area contributed by atoms with Crippen molar-refractivity contribution in [1.29, 1.82) is 0 Å². The molecule has 0 spiro atoms. The van der Waals surface area contributed by atoms with E-state index in [2.05, 4.69) is 23.6 Å². The first-order chi connectivity index (χ1) is 9.01. The summed E-state index contributed by atoms with van der Waals surface area (Å²) in [6.07, 6.45) is 0. The van der Waals surface area contributed by atoms with E-state index in [1.807, 2.05) is 12.1 Å². The van der Waals surface area contributed by atoms with E-state index in [1.54, 1.807) is 12.1 Å². The van der Waals surface area contributed by atoms with Gasteiger partial charge in [0.25, 0.3) is 0 Å². The van der Waals surface area contributed by atoms with Crippen molar-refractivity contribution in [2.45, 2.75) is 25.9 Å². The molecule has 4 heteroatoms. The molecule has 3 N–H and O–H groups in total. The topological polar surface area (TPSA) is 52.7 Å². The first-order valence-electron chi connectivity index (χ1n) is 6.97. The van der Waals surface area contributed by atoms with Crippen LogP contribution in [-0.4, -0.2) is 53.2 Å². The summed E-state index contributed by atoms with van der Waals surface area (Å²) < 4.78 is 0. The van der Waals surface area contributed by atoms with Gasteiger partial charge in [0.15, 0.2) is 0 Å². The zero-order valence-electron chi connectivity index (χ0n) is 12.0. The normalized spacial score (nSPS) is 18.7. The summed E-state index contributed by atoms with van der Waals surface area (Å²) in [6, 6.07) is 7.49. The number of hydrogen-bond donors (Lipinski definition) is 2. The van der Waals surface area contributed by atoms with Crippen LogP contribution in [0.5, 0.6) is 5.75 Å². The number of hydrogen-bond acceptors (Lipinski definition) is 4. The minimum atomic E-state index is 0.102. The fourth-order valence-electron chi connectivity index (χ4n) is 2.50. The van der Waals surface area contributed by atoms with Crippen molar-refractivity contribution in [2.24, 2.45) is 5.73 Å². The zero-order chi connectivity index (χ0) is 13.9. The van der Waals surface area contributed by atoms with Crippen LogP contribution in [0, 0.1) is 0 Å². The lowest BCUT2D eigenvalue weighted by molar-refractivity contribution is 0.0538. The summed E-state index contributed by atoms with van der Waals surface area (Å²) in [6.45, 7) is 10.4. The molecule has 0 aromatic heterocycles. The van der Waals surface area contributed by atoms with Crippen LogP contribution >= 0.6 is 0 Å². The molecule has 0 aliphatic carbocycles. The predicted octanol–water partition coefficient (Wildman–Crippen LogP) is 1.25. The van der Waals surface area contributed by atoms with Gasteiger partial charge in [-0.1, -0.05) is 12.1 Å². The van der Waals surface area contributed by atoms with Gasteiger partial charge < -0.3 is 10.8 Å². The molecule has 0 radical (unpaired) electrons. The molecule has 106 valence electrons. The van der Waals surface area contributed by atoms with Crippen LogP contribution in [0.25, 0.3) is 0 Å². The second-order valence-electron chi connectivity index (χ2n) is 5.95. The minimum Gasteiger partial charge on any atom is -0.508 e. The highest BCUT2D eigenvalue weighted by Crippen LogP contribution is 2.17. The van der Waals surface area contributed by atoms with Crippen LogP contribution < -0.4 is 5.73 Å². The molecule has 1 aromatic carbocycles. The summed E-state index contributed by atoms with van der Waals surface area (Å²) in [5.74, 6) is 0.332. The highest BCUT2D eigenvalue weighted by Gasteiger charge is 2.28. The first-order valence-corrected chi connectivity index (χ1v) is 6.97. The van der Waals surface area contributed by atoms with Gasteiger partial charge in [-0.15, -0.1) is 0 Å². The van der Waals surface area contributed by atoms with Crippen molar-refractivity contribution in [3.63, 3.8) is 0 Å². The minimum absolute atomic E-state index is 0.102. The fraction of sp³-hybridized carbons (Fsp3) is 0.600. The first kappa shape index (κ1) is 14.3. The Morgan fingerprint density at radius 1 is 1.11 bits per heavy atom. The summed E-state index contributed by atoms with van der Waals surface area (Å²) in [4.78, 5) is 4.93. The van der Waals surface area contributed by atoms with Crippen molar-refractivity contribution in [3.05, 3.63) is 29.8 Å². The second kappa shape index (κ2) is 5.90. The van der Waals surface area contributed by atoms with Gasteiger partial charge in [-0.25, -0.2) is 0 Å². The Labute approximate surface area is 115 Å². The Hall–Kier alpha value is -1.10. The standard InChI is InChI=1S/C15H25N3O/c1-15(2,12-16)18-9-7-17(8-10-18)11-13-3-5-14(19)6-4-13/h3-6,19H,7-12,16H2,1-2H3. The molecule has 0 atom stereocenters. The van der Waals surface area contributed by atoms with Crippen LogP contribution in [-0.2, 0) is 6.54 Å². The molecule has 1 saturated heterocycles. The van der Waals surface area contributed by atoms with Crippen LogP contribution in [0.15, 0.2) is 24.3 Å². The Morgan fingerprint density at radius 3 is 2.21 bits per heavy atom. The summed E-state index contributed by atoms with van der Waals surface area (Å²) in [5.41, 5.74) is 7.19. The number of phenolic OH excluding ortho intramolecular Hbond substituents is 1. The highest BCUT2D eigenvalue weighted by atomic mass is 16.3. The zero-order valence-corrected chi connectivity index (χ0v) is 12.0. The molecule has 2 rings (SSSR count). The monoisotopic (exact) mass is 263 g/mol. The van der Waals surface area contributed by atoms with E-state index in [0.717, 1.165) is 32.7 Å². The average Bonchev–Trinajstić information content (AvgIpc) is 2.42. The van der Waals surface area contributed by atoms with Crippen molar-refractivity contribution in [1.82, 2.24) is 9.80 Å². The smallest absolute Gasteiger partial charge is 0.115 e. The van der Waals surface area contributed by atoms with Gasteiger partial charge in [-0.05, 0) is 31.5 Å². The molecule has 4 nitrogen and oxygen atoms in total. The Balaban J connectivity index is 1.85. The molecule has 0 bridgehead atoms. The third kappa shape index (κ3) is 3.69. The highest BCUT2D eigenvalue weighted by molar-refractivity contribution is 5.25. The van der Waals surface area contributed by atoms with E-state index in [0.29, 0.717) is 12.3 Å². The molecule has 1 aromatic rings. The number of phenols is 1. The Morgan fingerprint density at radius 2 is 1.68 bits per heavy atom. The van der Waals surface area contributed by atoms with Gasteiger partial charge in [0.1, 0.15) is 5.75 Å². The van der Waals surface area contributed by atoms with Gasteiger partial charge in [-0.3, -0.25) is 9.80 Å². The summed E-state index contributed by atoms with van der Waals surface area (Å²) >= 11 is 0. The fourth-order valence-corrected chi connectivity index (χ4v) is 2.50. The molecule has 0 saturated carbocycles. The van der Waals surface area contributed by atoms with Crippen molar-refractivity contribution >= 4 is 0 Å². The number of aromatic hydroxyl groups is 1. The second-order valence-corrected chi connectivity index (χ2v) is 5.95. The summed E-state index contributed by atoms with van der Waals surface area (Å²) in [5, 5.41) is 9.28. The number of nitrogens with zero attached hydrogens (tertiary/aromatic N) is 2. The van der Waals surface area contributed by atoms with Crippen LogP contribution in [0.2, 0.25) is 0 Å². The van der Waals surface area contributed by atoms with Gasteiger partial charge >= 0.3 is 0 Å². The lowest BCUT2D eigenvalue weighted by Crippen LogP contribution is -2.57. The number of rotatable bonds is 4. The SMILES string of the molecule is CC(C)(CN)N1CCN(Cc2ccc(O)cc2)CC1. The largest absolute Gasteiger partial charge is 0.508 e. The van der Waals surface area contributed by atoms with Crippen molar-refractivity contribution in [3.8, 4) is 5.75 Å². The maximum Gasteiger partial charge on any atom is 0.115 e. The lowest BCUT2D eigenvalue weighted by Gasteiger charge is -2.43. The van der Waals surface area contributed by atoms with E-state index in [-0.39, 0.29) is 5.54 Å². The van der Waals surface area contributed by atoms with E-state index in [1.165, 1.54) is 5.56 Å². The van der Waals surface area contributed by atoms with E-state index < -0.39 is 0 Å². The maximum absolute atomic E-state index is 9.28. The molecule has 1 fully saturated rings. The Bertz CT molecular complexity index is 394. The molecule has 1 aliphatic rings. The average molecular weight is 263 g/mol. The van der Waals surface area contributed by atoms with E-state index in [9.17, 15) is 5.11 Å². The van der Waals surface area contributed by atoms with Crippen LogP contribution in [0.1, 0.15) is 19.4 Å². The third-order valence-electron chi connectivity index (χ3n) is 4.07. The van der Waals surface area contributed by atoms with E-state index >= 15 is 0 Å². The van der Waals surface area contributed by atoms with Crippen LogP contribution in [0.3, 0.4) is 0 Å². The van der Waals surface area contributed by atoms with E-state index in [4.69, 9.17) is 5.73 Å². The van der Waals surface area contributed by atoms with Gasteiger partial charge in [0.2, 0.25) is 0 Å². The Kier molecular flexibility index (Phi) is 4.45. The molecule has 1 heterocycles. The van der Waals surface area contributed by atoms with Gasteiger partial charge in [0.05, 0.1) is 0 Å². The third-order valence-corrected chi connectivity index (χ3v) is 4.07. The van der Waals surface area contributed by atoms with Crippen molar-refractivity contribution < 1.29 is 5.11 Å². The molecule has 0 amide bonds. The molecule has 1 aliphatic heterocycles. The number of benzene rings is 1. The quantitative estimate of drug-likeness (QED) is 0.858. The van der Waals surface area contributed by atoms with Crippen molar-refractivity contribution in [2.75, 3.05) is 32.7 Å². The molecular weight excluding hydrogens is 238 g/mol. The van der Waals surface area contributed by atoms with Crippen LogP contribution in [0.4, 0.5) is 0 Å². The van der Waals surface area contributed by atoms with Gasteiger partial charge in [-0.2, -0.15) is 0 Å². The number of piperazine rings is 1. The molecule has 19 heavy (non-hydrogen) atoms. The predicted molar refractivity (Wildman–Crippen MR) is 78.1 cm³/mol. The molecular formula is C15H25N3O. The summed E-state index contributed by atoms with van der Waals surface area (Å²) in [7, 11) is 0. The molecule has 0 unspecified atom stereocenters. The number of nitrogens with two attached hydrogens (primary N) is 1.